The van der Waals surface area contributed by atoms with Crippen LogP contribution in [0.1, 0.15) is 11.4 Å². The molecule has 1 aromatic carbocycles. The summed E-state index contributed by atoms with van der Waals surface area (Å²) in [6, 6.07) is 10.3. The van der Waals surface area contributed by atoms with Gasteiger partial charge in [0.05, 0.1) is 10.5 Å². The van der Waals surface area contributed by atoms with E-state index in [9.17, 15) is 8.42 Å². The number of hydrogen-bond donors (Lipinski definition) is 1. The first-order valence-electron chi connectivity index (χ1n) is 7.89. The number of sulfonamides is 1. The molecule has 136 valence electrons. The lowest BCUT2D eigenvalue weighted by molar-refractivity contribution is 0.425. The zero-order valence-corrected chi connectivity index (χ0v) is 15.5. The molecule has 1 N–H and O–H groups in total. The van der Waals surface area contributed by atoms with E-state index in [1.807, 2.05) is 6.07 Å². The van der Waals surface area contributed by atoms with Crippen LogP contribution in [-0.4, -0.2) is 41.9 Å². The Morgan fingerprint density at radius 2 is 1.88 bits per heavy atom. The minimum Gasteiger partial charge on any atom is -0.365 e. The zero-order chi connectivity index (χ0) is 18.7. The summed E-state index contributed by atoms with van der Waals surface area (Å²) in [5, 5.41) is 7.02. The fraction of sp³-hybridized carbons (Fsp3) is 0.235. The molecule has 0 radical (unpaired) electrons. The van der Waals surface area contributed by atoms with Crippen LogP contribution in [0.4, 0.5) is 5.82 Å². The molecule has 2 aromatic heterocycles. The number of nitrogens with one attached hydrogen (secondary N) is 1. The first-order valence-corrected chi connectivity index (χ1v) is 9.33. The molecule has 8 nitrogen and oxygen atoms in total. The van der Waals surface area contributed by atoms with Crippen molar-refractivity contribution >= 4 is 15.8 Å². The molecule has 0 fully saturated rings. The number of aromatic nitrogens is 3. The number of anilines is 1. The summed E-state index contributed by atoms with van der Waals surface area (Å²) in [5.41, 5.74) is 1.63. The predicted octanol–water partition coefficient (Wildman–Crippen LogP) is 2.30. The first-order chi connectivity index (χ1) is 12.4. The van der Waals surface area contributed by atoms with Gasteiger partial charge in [-0.3, -0.25) is 0 Å². The van der Waals surface area contributed by atoms with Gasteiger partial charge in [0, 0.05) is 26.8 Å². The maximum Gasteiger partial charge on any atom is 0.261 e. The highest BCUT2D eigenvalue weighted by Gasteiger charge is 2.17. The number of hydrogen-bond acceptors (Lipinski definition) is 7. The lowest BCUT2D eigenvalue weighted by Gasteiger charge is -2.12. The smallest absolute Gasteiger partial charge is 0.261 e. The second-order valence-corrected chi connectivity index (χ2v) is 7.98. The topological polar surface area (TPSA) is 101 Å². The van der Waals surface area contributed by atoms with E-state index >= 15 is 0 Å². The van der Waals surface area contributed by atoms with Crippen molar-refractivity contribution in [2.75, 3.05) is 19.4 Å². The van der Waals surface area contributed by atoms with Gasteiger partial charge in [-0.1, -0.05) is 17.3 Å². The number of benzene rings is 1. The number of nitrogens with zero attached hydrogens (tertiary/aromatic N) is 4. The van der Waals surface area contributed by atoms with Crippen molar-refractivity contribution in [2.24, 2.45) is 0 Å². The summed E-state index contributed by atoms with van der Waals surface area (Å²) in [7, 11) is -0.415. The SMILES string of the molecule is Cc1noc(-c2cccnc2NCc2ccc(S(=O)(=O)N(C)C)cc2)n1. The van der Waals surface area contributed by atoms with E-state index in [0.29, 0.717) is 29.6 Å². The summed E-state index contributed by atoms with van der Waals surface area (Å²) in [5.74, 6) is 1.55. The van der Waals surface area contributed by atoms with Crippen molar-refractivity contribution in [2.45, 2.75) is 18.4 Å². The highest BCUT2D eigenvalue weighted by molar-refractivity contribution is 7.89. The maximum atomic E-state index is 12.1. The van der Waals surface area contributed by atoms with Crippen LogP contribution in [0.3, 0.4) is 0 Å². The third kappa shape index (κ3) is 3.73. The second-order valence-electron chi connectivity index (χ2n) is 5.83. The van der Waals surface area contributed by atoms with Crippen LogP contribution in [0.2, 0.25) is 0 Å². The third-order valence-electron chi connectivity index (χ3n) is 3.73. The third-order valence-corrected chi connectivity index (χ3v) is 5.56. The van der Waals surface area contributed by atoms with E-state index in [1.54, 1.807) is 43.5 Å². The summed E-state index contributed by atoms with van der Waals surface area (Å²) >= 11 is 0. The van der Waals surface area contributed by atoms with Gasteiger partial charge in [-0.15, -0.1) is 0 Å². The molecule has 0 aliphatic rings. The van der Waals surface area contributed by atoms with Gasteiger partial charge >= 0.3 is 0 Å². The highest BCUT2D eigenvalue weighted by Crippen LogP contribution is 2.24. The van der Waals surface area contributed by atoms with E-state index < -0.39 is 10.0 Å². The van der Waals surface area contributed by atoms with Gasteiger partial charge in [0.15, 0.2) is 5.82 Å². The van der Waals surface area contributed by atoms with Crippen molar-refractivity contribution in [3.63, 3.8) is 0 Å². The Morgan fingerprint density at radius 1 is 1.15 bits per heavy atom. The van der Waals surface area contributed by atoms with E-state index in [1.165, 1.54) is 18.4 Å². The number of aryl methyl sites for hydroxylation is 1. The minimum absolute atomic E-state index is 0.256. The van der Waals surface area contributed by atoms with E-state index in [4.69, 9.17) is 4.52 Å². The Bertz CT molecular complexity index is 997. The molecule has 0 unspecified atom stereocenters. The van der Waals surface area contributed by atoms with Crippen molar-refractivity contribution in [1.29, 1.82) is 0 Å². The molecule has 0 atom stereocenters. The average molecular weight is 373 g/mol. The Hall–Kier alpha value is -2.78. The summed E-state index contributed by atoms with van der Waals surface area (Å²) in [4.78, 5) is 8.80. The second kappa shape index (κ2) is 7.22. The van der Waals surface area contributed by atoms with Crippen LogP contribution < -0.4 is 5.32 Å². The Labute approximate surface area is 151 Å². The van der Waals surface area contributed by atoms with Crippen LogP contribution >= 0.6 is 0 Å². The van der Waals surface area contributed by atoms with Crippen LogP contribution in [-0.2, 0) is 16.6 Å². The fourth-order valence-electron chi connectivity index (χ4n) is 2.30. The molecule has 0 saturated heterocycles. The molecule has 9 heteroatoms. The van der Waals surface area contributed by atoms with Crippen LogP contribution in [0.25, 0.3) is 11.5 Å². The predicted molar refractivity (Wildman–Crippen MR) is 96.9 cm³/mol. The largest absolute Gasteiger partial charge is 0.365 e. The van der Waals surface area contributed by atoms with Crippen molar-refractivity contribution in [1.82, 2.24) is 19.4 Å². The van der Waals surface area contributed by atoms with Crippen molar-refractivity contribution < 1.29 is 12.9 Å². The van der Waals surface area contributed by atoms with E-state index in [-0.39, 0.29) is 4.90 Å². The molecular formula is C17H19N5O3S. The Balaban J connectivity index is 1.76. The van der Waals surface area contributed by atoms with Crippen molar-refractivity contribution in [3.05, 3.63) is 54.0 Å². The monoisotopic (exact) mass is 373 g/mol. The van der Waals surface area contributed by atoms with Crippen LogP contribution in [0, 0.1) is 6.92 Å². The average Bonchev–Trinajstić information content (AvgIpc) is 3.06. The highest BCUT2D eigenvalue weighted by atomic mass is 32.2. The van der Waals surface area contributed by atoms with Gasteiger partial charge in [-0.05, 0) is 36.8 Å². The van der Waals surface area contributed by atoms with Crippen LogP contribution in [0.15, 0.2) is 52.0 Å². The molecule has 0 aliphatic heterocycles. The molecule has 0 aliphatic carbocycles. The minimum atomic E-state index is -3.43. The van der Waals surface area contributed by atoms with Crippen LogP contribution in [0.5, 0.6) is 0 Å². The van der Waals surface area contributed by atoms with Gasteiger partial charge in [0.1, 0.15) is 5.82 Å². The standard InChI is InChI=1S/C17H19N5O3S/c1-12-20-17(25-21-12)15-5-4-10-18-16(15)19-11-13-6-8-14(9-7-13)26(23,24)22(2)3/h4-10H,11H2,1-3H3,(H,18,19). The maximum absolute atomic E-state index is 12.1. The number of rotatable bonds is 6. The molecular weight excluding hydrogens is 354 g/mol. The zero-order valence-electron chi connectivity index (χ0n) is 14.7. The summed E-state index contributed by atoms with van der Waals surface area (Å²) < 4.78 is 30.6. The molecule has 0 spiro atoms. The lowest BCUT2D eigenvalue weighted by Crippen LogP contribution is -2.22. The van der Waals surface area contributed by atoms with E-state index in [0.717, 1.165) is 5.56 Å². The molecule has 3 aromatic rings. The fourth-order valence-corrected chi connectivity index (χ4v) is 3.20. The van der Waals surface area contributed by atoms with Gasteiger partial charge < -0.3 is 9.84 Å². The summed E-state index contributed by atoms with van der Waals surface area (Å²) in [6.45, 7) is 2.22. The molecule has 0 amide bonds. The quantitative estimate of drug-likeness (QED) is 0.707. The van der Waals surface area contributed by atoms with Gasteiger partial charge in [-0.2, -0.15) is 4.98 Å². The normalized spacial score (nSPS) is 11.7. The molecule has 3 rings (SSSR count). The first kappa shape index (κ1) is 18.0. The number of pyridine rings is 1. The molecule has 0 bridgehead atoms. The molecule has 0 saturated carbocycles. The molecule has 2 heterocycles. The van der Waals surface area contributed by atoms with Gasteiger partial charge in [-0.25, -0.2) is 17.7 Å². The van der Waals surface area contributed by atoms with E-state index in [2.05, 4.69) is 20.4 Å². The Morgan fingerprint density at radius 3 is 2.50 bits per heavy atom. The Kier molecular flexibility index (Phi) is 5.01. The van der Waals surface area contributed by atoms with Crippen molar-refractivity contribution in [3.8, 4) is 11.5 Å². The molecule has 26 heavy (non-hydrogen) atoms. The van der Waals surface area contributed by atoms with Gasteiger partial charge in [0.2, 0.25) is 10.0 Å². The van der Waals surface area contributed by atoms with Gasteiger partial charge in [0.25, 0.3) is 5.89 Å². The summed E-state index contributed by atoms with van der Waals surface area (Å²) in [6.07, 6.45) is 1.67. The lowest BCUT2D eigenvalue weighted by atomic mass is 10.2.